The normalized spacial score (nSPS) is 15.5. The molecule has 0 amide bonds. The van der Waals surface area contributed by atoms with E-state index in [-0.39, 0.29) is 28.4 Å². The second kappa shape index (κ2) is 9.45. The number of halogens is 1. The lowest BCUT2D eigenvalue weighted by Crippen LogP contribution is -2.48. The Balaban J connectivity index is 1.30. The van der Waals surface area contributed by atoms with Crippen molar-refractivity contribution >= 4 is 21.2 Å². The van der Waals surface area contributed by atoms with Crippen LogP contribution < -0.4 is 11.2 Å². The molecular formula is C24H25FN6O4S. The van der Waals surface area contributed by atoms with Crippen molar-refractivity contribution in [1.29, 1.82) is 0 Å². The topological polar surface area (TPSA) is 124 Å². The van der Waals surface area contributed by atoms with Gasteiger partial charge in [0.2, 0.25) is 10.0 Å². The lowest BCUT2D eigenvalue weighted by Gasteiger charge is -2.34. The van der Waals surface area contributed by atoms with Gasteiger partial charge in [-0.25, -0.2) is 22.6 Å². The average Bonchev–Trinajstić information content (AvgIpc) is 3.29. The number of hydrogen-bond acceptors (Lipinski definition) is 6. The van der Waals surface area contributed by atoms with Gasteiger partial charge in [0.05, 0.1) is 4.90 Å². The third-order valence-corrected chi connectivity index (χ3v) is 8.25. The van der Waals surface area contributed by atoms with Crippen molar-refractivity contribution in [1.82, 2.24) is 28.7 Å². The molecule has 0 spiro atoms. The zero-order valence-corrected chi connectivity index (χ0v) is 20.4. The lowest BCUT2D eigenvalue weighted by atomic mass is 10.2. The predicted molar refractivity (Wildman–Crippen MR) is 133 cm³/mol. The fraction of sp³-hybridized carbons (Fsp3) is 0.292. The molecule has 0 saturated carbocycles. The van der Waals surface area contributed by atoms with Gasteiger partial charge in [0.1, 0.15) is 17.2 Å². The minimum absolute atomic E-state index is 0.150. The third-order valence-electron chi connectivity index (χ3n) is 6.34. The van der Waals surface area contributed by atoms with Gasteiger partial charge in [-0.15, -0.1) is 0 Å². The van der Waals surface area contributed by atoms with E-state index < -0.39 is 21.3 Å². The van der Waals surface area contributed by atoms with E-state index in [9.17, 15) is 22.4 Å². The van der Waals surface area contributed by atoms with Gasteiger partial charge in [0, 0.05) is 44.8 Å². The maximum absolute atomic E-state index is 13.4. The Morgan fingerprint density at radius 3 is 2.39 bits per heavy atom. The fourth-order valence-electron chi connectivity index (χ4n) is 4.39. The summed E-state index contributed by atoms with van der Waals surface area (Å²) in [5.74, 6) is 0.0627. The Morgan fingerprint density at radius 1 is 1.00 bits per heavy atom. The number of sulfonamides is 1. The van der Waals surface area contributed by atoms with Crippen molar-refractivity contribution in [3.8, 4) is 11.4 Å². The Kier molecular flexibility index (Phi) is 6.33. The van der Waals surface area contributed by atoms with Crippen molar-refractivity contribution < 1.29 is 12.8 Å². The molecule has 4 aromatic rings. The van der Waals surface area contributed by atoms with Gasteiger partial charge < -0.3 is 4.98 Å². The van der Waals surface area contributed by atoms with Gasteiger partial charge in [0.15, 0.2) is 5.65 Å². The number of imidazole rings is 1. The quantitative estimate of drug-likeness (QED) is 0.406. The summed E-state index contributed by atoms with van der Waals surface area (Å²) in [6.07, 6.45) is 0. The number of aromatic amines is 2. The van der Waals surface area contributed by atoms with Crippen LogP contribution in [0.4, 0.5) is 4.39 Å². The first-order valence-electron chi connectivity index (χ1n) is 11.6. The third kappa shape index (κ3) is 4.50. The molecule has 1 saturated heterocycles. The number of H-pyrrole nitrogens is 2. The van der Waals surface area contributed by atoms with Gasteiger partial charge in [-0.05, 0) is 48.9 Å². The maximum Gasteiger partial charge on any atom is 0.330 e. The standard InChI is InChI=1S/C24H25FN6O4S/c1-2-31-23(32)20-22(28-24(31)33)27-21(26-20)17-6-8-19(9-7-17)36(34,35)30-12-10-29(11-13-30)15-16-4-3-5-18(25)14-16/h3-9,14H,2,10-13,15H2,1H3,(H,26,27)(H,28,33). The molecule has 1 aliphatic rings. The SMILES string of the molecule is CCn1c(=O)[nH]c2nc(-c3ccc(S(=O)(=O)N4CCN(Cc5cccc(F)c5)CC4)cc3)[nH]c2c1=O. The molecule has 1 aliphatic heterocycles. The van der Waals surface area contributed by atoms with Crippen LogP contribution in [-0.2, 0) is 23.1 Å². The second-order valence-corrected chi connectivity index (χ2v) is 10.6. The molecule has 0 unspecified atom stereocenters. The van der Waals surface area contributed by atoms with Gasteiger partial charge in [0.25, 0.3) is 5.56 Å². The number of hydrogen-bond donors (Lipinski definition) is 2. The summed E-state index contributed by atoms with van der Waals surface area (Å²) in [7, 11) is -3.69. The van der Waals surface area contributed by atoms with Crippen molar-refractivity contribution in [3.05, 3.63) is 80.7 Å². The highest BCUT2D eigenvalue weighted by Gasteiger charge is 2.28. The van der Waals surface area contributed by atoms with E-state index in [1.54, 1.807) is 25.1 Å². The van der Waals surface area contributed by atoms with E-state index in [0.29, 0.717) is 44.1 Å². The highest BCUT2D eigenvalue weighted by molar-refractivity contribution is 7.89. The summed E-state index contributed by atoms with van der Waals surface area (Å²) in [5, 5.41) is 0. The van der Waals surface area contributed by atoms with Crippen LogP contribution in [0.1, 0.15) is 12.5 Å². The minimum atomic E-state index is -3.69. The van der Waals surface area contributed by atoms with Crippen molar-refractivity contribution in [2.45, 2.75) is 24.9 Å². The largest absolute Gasteiger partial charge is 0.332 e. The van der Waals surface area contributed by atoms with E-state index in [1.165, 1.54) is 28.6 Å². The molecule has 0 radical (unpaired) electrons. The van der Waals surface area contributed by atoms with Crippen LogP contribution in [0.3, 0.4) is 0 Å². The summed E-state index contributed by atoms with van der Waals surface area (Å²) in [6.45, 7) is 4.24. The number of benzene rings is 2. The van der Waals surface area contributed by atoms with Crippen LogP contribution in [0.5, 0.6) is 0 Å². The maximum atomic E-state index is 13.4. The van der Waals surface area contributed by atoms with E-state index in [2.05, 4.69) is 19.9 Å². The monoisotopic (exact) mass is 512 g/mol. The number of piperazine rings is 1. The molecule has 10 nitrogen and oxygen atoms in total. The fourth-order valence-corrected chi connectivity index (χ4v) is 5.82. The van der Waals surface area contributed by atoms with Crippen LogP contribution in [0.25, 0.3) is 22.6 Å². The van der Waals surface area contributed by atoms with Crippen molar-refractivity contribution in [2.75, 3.05) is 26.2 Å². The molecule has 2 N–H and O–H groups in total. The van der Waals surface area contributed by atoms with Crippen LogP contribution >= 0.6 is 0 Å². The molecule has 5 rings (SSSR count). The first-order chi connectivity index (χ1) is 17.3. The molecular weight excluding hydrogens is 487 g/mol. The summed E-state index contributed by atoms with van der Waals surface area (Å²) in [5.41, 5.74) is 0.756. The second-order valence-electron chi connectivity index (χ2n) is 8.62. The van der Waals surface area contributed by atoms with E-state index >= 15 is 0 Å². The molecule has 2 aromatic heterocycles. The van der Waals surface area contributed by atoms with Crippen LogP contribution in [-0.4, -0.2) is 63.3 Å². The predicted octanol–water partition coefficient (Wildman–Crippen LogP) is 1.75. The highest BCUT2D eigenvalue weighted by Crippen LogP contribution is 2.23. The van der Waals surface area contributed by atoms with Gasteiger partial charge in [-0.1, -0.05) is 12.1 Å². The number of aromatic nitrogens is 4. The molecule has 188 valence electrons. The Bertz CT molecular complexity index is 1630. The summed E-state index contributed by atoms with van der Waals surface area (Å²) >= 11 is 0. The smallest absolute Gasteiger partial charge is 0.330 e. The van der Waals surface area contributed by atoms with Crippen molar-refractivity contribution in [3.63, 3.8) is 0 Å². The van der Waals surface area contributed by atoms with Gasteiger partial charge in [-0.2, -0.15) is 4.31 Å². The molecule has 3 heterocycles. The first-order valence-corrected chi connectivity index (χ1v) is 13.0. The molecule has 2 aromatic carbocycles. The first kappa shape index (κ1) is 24.1. The summed E-state index contributed by atoms with van der Waals surface area (Å²) < 4.78 is 42.3. The molecule has 0 bridgehead atoms. The lowest BCUT2D eigenvalue weighted by molar-refractivity contribution is 0.181. The van der Waals surface area contributed by atoms with Crippen molar-refractivity contribution in [2.24, 2.45) is 0 Å². The molecule has 0 atom stereocenters. The summed E-state index contributed by atoms with van der Waals surface area (Å²) in [4.78, 5) is 36.6. The highest BCUT2D eigenvalue weighted by atomic mass is 32.2. The van der Waals surface area contributed by atoms with Crippen LogP contribution in [0.15, 0.2) is 63.0 Å². The molecule has 1 fully saturated rings. The number of rotatable bonds is 6. The van der Waals surface area contributed by atoms with E-state index in [1.807, 2.05) is 6.07 Å². The Labute approximate surface area is 206 Å². The Hall–Kier alpha value is -3.61. The summed E-state index contributed by atoms with van der Waals surface area (Å²) in [6, 6.07) is 12.6. The van der Waals surface area contributed by atoms with Crippen LogP contribution in [0, 0.1) is 5.82 Å². The molecule has 0 aliphatic carbocycles. The number of fused-ring (bicyclic) bond motifs is 1. The minimum Gasteiger partial charge on any atom is -0.332 e. The van der Waals surface area contributed by atoms with E-state index in [4.69, 9.17) is 0 Å². The van der Waals surface area contributed by atoms with Gasteiger partial charge >= 0.3 is 5.69 Å². The van der Waals surface area contributed by atoms with E-state index in [0.717, 1.165) is 10.1 Å². The number of nitrogens with zero attached hydrogens (tertiary/aromatic N) is 4. The van der Waals surface area contributed by atoms with Crippen LogP contribution in [0.2, 0.25) is 0 Å². The number of nitrogens with one attached hydrogen (secondary N) is 2. The average molecular weight is 513 g/mol. The molecule has 36 heavy (non-hydrogen) atoms. The van der Waals surface area contributed by atoms with Gasteiger partial charge in [-0.3, -0.25) is 19.2 Å². The Morgan fingerprint density at radius 2 is 1.72 bits per heavy atom. The zero-order valence-electron chi connectivity index (χ0n) is 19.6. The molecule has 12 heteroatoms. The zero-order chi connectivity index (χ0) is 25.4.